The van der Waals surface area contributed by atoms with Crippen molar-refractivity contribution in [2.24, 2.45) is 5.92 Å². The molecule has 0 aliphatic carbocycles. The summed E-state index contributed by atoms with van der Waals surface area (Å²) in [5.41, 5.74) is 3.40. The lowest BCUT2D eigenvalue weighted by atomic mass is 9.97. The number of rotatable bonds is 53. The van der Waals surface area contributed by atoms with Crippen molar-refractivity contribution in [3.63, 3.8) is 0 Å². The Morgan fingerprint density at radius 2 is 0.818 bits per heavy atom. The van der Waals surface area contributed by atoms with Gasteiger partial charge in [-0.25, -0.2) is 5.48 Å². The first-order chi connectivity index (χ1) is 32.7. The topological polar surface area (TPSA) is 56.8 Å². The van der Waals surface area contributed by atoms with Gasteiger partial charge in [0.15, 0.2) is 5.12 Å². The molecule has 1 heterocycles. The van der Waals surface area contributed by atoms with Gasteiger partial charge in [0.05, 0.1) is 0 Å². The van der Waals surface area contributed by atoms with Crippen LogP contribution in [-0.4, -0.2) is 39.4 Å². The highest BCUT2D eigenvalue weighted by molar-refractivity contribution is 8.13. The molecule has 1 N–H and O–H groups in total. The van der Waals surface area contributed by atoms with Crippen LogP contribution in [0.1, 0.15) is 335 Å². The van der Waals surface area contributed by atoms with Crippen molar-refractivity contribution in [1.29, 1.82) is 0 Å². The van der Waals surface area contributed by atoms with E-state index in [1.165, 1.54) is 294 Å². The third-order valence-corrected chi connectivity index (χ3v) is 18.3. The zero-order chi connectivity index (χ0) is 47.4. The van der Waals surface area contributed by atoms with E-state index in [1.54, 1.807) is 0 Å². The minimum Gasteiger partial charge on any atom is -0.373 e. The summed E-state index contributed by atoms with van der Waals surface area (Å²) in [4.78, 5) is 12.8. The van der Waals surface area contributed by atoms with E-state index >= 15 is 0 Å². The van der Waals surface area contributed by atoms with Gasteiger partial charge in [-0.1, -0.05) is 309 Å². The summed E-state index contributed by atoms with van der Waals surface area (Å²) in [6.45, 7) is 9.25. The van der Waals surface area contributed by atoms with Crippen LogP contribution in [0.15, 0.2) is 0 Å². The number of thioether (sulfide) groups is 1. The Hall–Kier alpha value is 0.0769. The van der Waals surface area contributed by atoms with E-state index in [0.717, 1.165) is 63.7 Å². The van der Waals surface area contributed by atoms with Crippen molar-refractivity contribution < 1.29 is 18.2 Å². The van der Waals surface area contributed by atoms with E-state index in [0.29, 0.717) is 11.0 Å². The molecule has 0 amide bonds. The van der Waals surface area contributed by atoms with Crippen molar-refractivity contribution in [3.8, 4) is 0 Å². The molecule has 66 heavy (non-hydrogen) atoms. The predicted octanol–water partition coefficient (Wildman–Crippen LogP) is 20.5. The van der Waals surface area contributed by atoms with Gasteiger partial charge >= 0.3 is 8.80 Å². The standard InChI is InChI=1S/C59H119NO4SSi/c1-4-7-10-13-16-19-22-25-27-29-32-34-37-40-43-46-50-58-52-54-63-66(64-60-57-58,62-53-48-45-42-39-36-33-30-28-26-23-20-17-14-11-8-5-2)56-49-55-65-59(61)51-47-44-41-38-35-31-24-21-18-15-12-9-6-3/h58,60H,4-57H2,1-3H3. The summed E-state index contributed by atoms with van der Waals surface area (Å²) in [6, 6.07) is 0.793. The normalized spacial score (nSPS) is 16.8. The molecule has 7 heteroatoms. The third-order valence-electron chi connectivity index (χ3n) is 14.6. The molecule has 2 unspecified atom stereocenters. The molecule has 1 aliphatic rings. The van der Waals surface area contributed by atoms with Crippen LogP contribution >= 0.6 is 11.8 Å². The summed E-state index contributed by atoms with van der Waals surface area (Å²) >= 11 is 1.53. The molecule has 0 aromatic heterocycles. The zero-order valence-corrected chi connectivity index (χ0v) is 47.1. The monoisotopic (exact) mass is 966 g/mol. The van der Waals surface area contributed by atoms with E-state index in [9.17, 15) is 4.79 Å². The molecule has 0 bridgehead atoms. The van der Waals surface area contributed by atoms with Crippen LogP contribution in [0.25, 0.3) is 0 Å². The van der Waals surface area contributed by atoms with Gasteiger partial charge < -0.3 is 8.85 Å². The van der Waals surface area contributed by atoms with Gasteiger partial charge in [0, 0.05) is 38.0 Å². The second kappa shape index (κ2) is 52.9. The highest BCUT2D eigenvalue weighted by Gasteiger charge is 2.42. The van der Waals surface area contributed by atoms with Crippen molar-refractivity contribution >= 4 is 25.7 Å². The van der Waals surface area contributed by atoms with Gasteiger partial charge in [0.25, 0.3) is 0 Å². The Morgan fingerprint density at radius 3 is 1.21 bits per heavy atom. The van der Waals surface area contributed by atoms with Gasteiger partial charge in [-0.05, 0) is 38.0 Å². The van der Waals surface area contributed by atoms with Gasteiger partial charge in [-0.15, -0.1) is 0 Å². The molecule has 1 saturated heterocycles. The Kier molecular flexibility index (Phi) is 51.4. The smallest absolute Gasteiger partial charge is 0.373 e. The molecule has 1 fully saturated rings. The summed E-state index contributed by atoms with van der Waals surface area (Å²) < 4.78 is 19.8. The fourth-order valence-corrected chi connectivity index (χ4v) is 13.4. The van der Waals surface area contributed by atoms with Crippen LogP contribution in [0.2, 0.25) is 6.04 Å². The number of hydrogen-bond donors (Lipinski definition) is 1. The number of hydroxylamine groups is 1. The summed E-state index contributed by atoms with van der Waals surface area (Å²) in [5, 5.41) is 0.359. The van der Waals surface area contributed by atoms with E-state index in [-0.39, 0.29) is 0 Å². The minimum atomic E-state index is -2.85. The van der Waals surface area contributed by atoms with E-state index in [2.05, 4.69) is 26.3 Å². The predicted molar refractivity (Wildman–Crippen MR) is 296 cm³/mol. The van der Waals surface area contributed by atoms with Crippen LogP contribution in [0.3, 0.4) is 0 Å². The van der Waals surface area contributed by atoms with Crippen molar-refractivity contribution in [1.82, 2.24) is 5.48 Å². The van der Waals surface area contributed by atoms with E-state index in [1.807, 2.05) is 0 Å². The Labute approximate surface area is 420 Å². The average molecular weight is 967 g/mol. The highest BCUT2D eigenvalue weighted by Crippen LogP contribution is 2.26. The third kappa shape index (κ3) is 45.2. The molecule has 5 nitrogen and oxygen atoms in total. The molecule has 0 aromatic rings. The molecule has 0 radical (unpaired) electrons. The molecule has 0 saturated carbocycles. The maximum absolute atomic E-state index is 12.8. The quantitative estimate of drug-likeness (QED) is 0.0484. The van der Waals surface area contributed by atoms with Crippen LogP contribution in [0.4, 0.5) is 0 Å². The lowest BCUT2D eigenvalue weighted by molar-refractivity contribution is -0.111. The molecular formula is C59H119NO4SSi. The maximum Gasteiger partial charge on any atom is 0.517 e. The first kappa shape index (κ1) is 64.1. The molecule has 1 aliphatic heterocycles. The first-order valence-electron chi connectivity index (χ1n) is 30.5. The molecule has 394 valence electrons. The van der Waals surface area contributed by atoms with Crippen LogP contribution in [0, 0.1) is 5.92 Å². The van der Waals surface area contributed by atoms with Gasteiger partial charge in [0.1, 0.15) is 0 Å². The van der Waals surface area contributed by atoms with Gasteiger partial charge in [0.2, 0.25) is 0 Å². The Balaban J connectivity index is 2.28. The van der Waals surface area contributed by atoms with Gasteiger partial charge in [-0.3, -0.25) is 9.32 Å². The van der Waals surface area contributed by atoms with Crippen molar-refractivity contribution in [3.05, 3.63) is 0 Å². The lowest BCUT2D eigenvalue weighted by Crippen LogP contribution is -2.52. The lowest BCUT2D eigenvalue weighted by Gasteiger charge is -2.33. The van der Waals surface area contributed by atoms with Crippen LogP contribution in [0.5, 0.6) is 0 Å². The van der Waals surface area contributed by atoms with Crippen molar-refractivity contribution in [2.45, 2.75) is 341 Å². The minimum absolute atomic E-state index is 0.359. The summed E-state index contributed by atoms with van der Waals surface area (Å²) in [6.07, 6.45) is 66.0. The van der Waals surface area contributed by atoms with Crippen LogP contribution in [-0.2, 0) is 18.2 Å². The first-order valence-corrected chi connectivity index (χ1v) is 33.4. The molecule has 0 aromatic carbocycles. The Bertz CT molecular complexity index is 947. The molecule has 2 atom stereocenters. The second-order valence-electron chi connectivity index (χ2n) is 21.2. The summed E-state index contributed by atoms with van der Waals surface area (Å²) in [5.74, 6) is 1.44. The number of hydrogen-bond acceptors (Lipinski definition) is 6. The van der Waals surface area contributed by atoms with Gasteiger partial charge in [-0.2, -0.15) is 0 Å². The molecule has 1 rings (SSSR count). The molecular weight excluding hydrogens is 847 g/mol. The number of carbonyl (C=O) groups excluding carboxylic acids is 1. The molecule has 0 spiro atoms. The maximum atomic E-state index is 12.8. The fraction of sp³-hybridized carbons (Fsp3) is 0.983. The number of nitrogens with one attached hydrogen (secondary N) is 1. The van der Waals surface area contributed by atoms with E-state index in [4.69, 9.17) is 13.4 Å². The Morgan fingerprint density at radius 1 is 0.470 bits per heavy atom. The van der Waals surface area contributed by atoms with E-state index < -0.39 is 8.80 Å². The fourth-order valence-electron chi connectivity index (χ4n) is 9.99. The zero-order valence-electron chi connectivity index (χ0n) is 45.3. The SMILES string of the molecule is CCCCCCCCCCCCCCCCCCO[Si]1(CCCSC(=O)CCCCCCCCCCCCCCC)OCCC(CCCCCCCCCCCCCCCCCC)CNO1. The summed E-state index contributed by atoms with van der Waals surface area (Å²) in [7, 11) is -2.85. The second-order valence-corrected chi connectivity index (χ2v) is 25.0. The average Bonchev–Trinajstić information content (AvgIpc) is 3.31. The van der Waals surface area contributed by atoms with Crippen LogP contribution < -0.4 is 5.48 Å². The van der Waals surface area contributed by atoms with Crippen molar-refractivity contribution in [2.75, 3.05) is 25.5 Å². The highest BCUT2D eigenvalue weighted by atomic mass is 32.2. The number of unbranched alkanes of at least 4 members (excludes halogenated alkanes) is 42. The number of carbonyl (C=O) groups is 1. The largest absolute Gasteiger partial charge is 0.517 e.